The Balaban J connectivity index is 2.37. The van der Waals surface area contributed by atoms with Gasteiger partial charge in [0.15, 0.2) is 0 Å². The van der Waals surface area contributed by atoms with Gasteiger partial charge in [-0.15, -0.1) is 0 Å². The number of carbonyl (C=O) groups is 1. The molecular weight excluding hydrogens is 230 g/mol. The van der Waals surface area contributed by atoms with Crippen molar-refractivity contribution in [2.45, 2.75) is 39.2 Å². The lowest BCUT2D eigenvalue weighted by molar-refractivity contribution is 0.0512. The molecule has 0 radical (unpaired) electrons. The molecule has 0 aromatic carbocycles. The Bertz CT molecular complexity index is 263. The van der Waals surface area contributed by atoms with Gasteiger partial charge in [-0.25, -0.2) is 4.79 Å². The number of nitrogens with two attached hydrogens (primary N) is 1. The molecule has 1 heterocycles. The van der Waals surface area contributed by atoms with Crippen molar-refractivity contribution in [2.75, 3.05) is 26.2 Å². The van der Waals surface area contributed by atoms with Crippen molar-refractivity contribution in [2.24, 2.45) is 17.6 Å². The van der Waals surface area contributed by atoms with Crippen molar-refractivity contribution in [3.8, 4) is 0 Å². The van der Waals surface area contributed by atoms with Gasteiger partial charge in [-0.3, -0.25) is 0 Å². The molecule has 1 fully saturated rings. The first kappa shape index (κ1) is 15.2. The normalized spacial score (nSPS) is 25.3. The molecule has 1 rings (SSSR count). The van der Waals surface area contributed by atoms with E-state index in [1.165, 1.54) is 0 Å². The predicted octanol–water partition coefficient (Wildman–Crippen LogP) is 1.09. The van der Waals surface area contributed by atoms with Gasteiger partial charge in [-0.2, -0.15) is 0 Å². The highest BCUT2D eigenvalue weighted by Gasteiger charge is 2.24. The third-order valence-corrected chi connectivity index (χ3v) is 3.26. The average molecular weight is 257 g/mol. The second-order valence-electron chi connectivity index (χ2n) is 5.97. The SMILES string of the molecule is CC(C)(C)OC(=O)NC[C@@H]1CCNCC[C@H]1CN. The molecule has 18 heavy (non-hydrogen) atoms. The molecule has 0 saturated carbocycles. The number of nitrogens with one attached hydrogen (secondary N) is 2. The van der Waals surface area contributed by atoms with Gasteiger partial charge >= 0.3 is 6.09 Å². The zero-order valence-corrected chi connectivity index (χ0v) is 11.8. The van der Waals surface area contributed by atoms with Gasteiger partial charge in [0.05, 0.1) is 0 Å². The third-order valence-electron chi connectivity index (χ3n) is 3.26. The second kappa shape index (κ2) is 6.95. The van der Waals surface area contributed by atoms with Crippen molar-refractivity contribution in [1.82, 2.24) is 10.6 Å². The molecule has 5 nitrogen and oxygen atoms in total. The summed E-state index contributed by atoms with van der Waals surface area (Å²) in [5, 5.41) is 6.22. The summed E-state index contributed by atoms with van der Waals surface area (Å²) < 4.78 is 5.23. The maximum atomic E-state index is 11.6. The number of alkyl carbamates (subject to hydrolysis) is 1. The summed E-state index contributed by atoms with van der Waals surface area (Å²) >= 11 is 0. The molecule has 0 aliphatic carbocycles. The topological polar surface area (TPSA) is 76.4 Å². The van der Waals surface area contributed by atoms with Gasteiger partial charge in [0, 0.05) is 6.54 Å². The molecular formula is C13H27N3O2. The van der Waals surface area contributed by atoms with Crippen LogP contribution in [-0.4, -0.2) is 37.9 Å². The lowest BCUT2D eigenvalue weighted by atomic mass is 9.88. The van der Waals surface area contributed by atoms with E-state index in [9.17, 15) is 4.79 Å². The summed E-state index contributed by atoms with van der Waals surface area (Å²) in [4.78, 5) is 11.6. The third kappa shape index (κ3) is 5.69. The number of rotatable bonds is 3. The van der Waals surface area contributed by atoms with Crippen molar-refractivity contribution < 1.29 is 9.53 Å². The highest BCUT2D eigenvalue weighted by molar-refractivity contribution is 5.67. The van der Waals surface area contributed by atoms with Crippen molar-refractivity contribution in [1.29, 1.82) is 0 Å². The van der Waals surface area contributed by atoms with Crippen molar-refractivity contribution in [3.05, 3.63) is 0 Å². The van der Waals surface area contributed by atoms with Crippen LogP contribution in [0.1, 0.15) is 33.6 Å². The van der Waals surface area contributed by atoms with Crippen LogP contribution in [0.25, 0.3) is 0 Å². The van der Waals surface area contributed by atoms with Gasteiger partial charge in [0.25, 0.3) is 0 Å². The molecule has 1 aliphatic rings. The van der Waals surface area contributed by atoms with Gasteiger partial charge in [-0.05, 0) is 65.1 Å². The van der Waals surface area contributed by atoms with E-state index < -0.39 is 5.60 Å². The molecule has 1 saturated heterocycles. The van der Waals surface area contributed by atoms with Crippen molar-refractivity contribution in [3.63, 3.8) is 0 Å². The van der Waals surface area contributed by atoms with E-state index in [0.29, 0.717) is 24.9 Å². The van der Waals surface area contributed by atoms with Crippen LogP contribution in [0.4, 0.5) is 4.79 Å². The van der Waals surface area contributed by atoms with Crippen LogP contribution in [0.5, 0.6) is 0 Å². The Labute approximate surface area is 110 Å². The van der Waals surface area contributed by atoms with Gasteiger partial charge in [0.1, 0.15) is 5.60 Å². The molecule has 0 aromatic heterocycles. The smallest absolute Gasteiger partial charge is 0.407 e. The molecule has 5 heteroatoms. The Morgan fingerprint density at radius 2 is 1.94 bits per heavy atom. The largest absolute Gasteiger partial charge is 0.444 e. The first-order chi connectivity index (χ1) is 8.42. The zero-order valence-electron chi connectivity index (χ0n) is 11.8. The van der Waals surface area contributed by atoms with E-state index in [2.05, 4.69) is 10.6 Å². The molecule has 0 aromatic rings. The fourth-order valence-electron chi connectivity index (χ4n) is 2.28. The molecule has 2 atom stereocenters. The maximum Gasteiger partial charge on any atom is 0.407 e. The number of amides is 1. The molecule has 0 spiro atoms. The Kier molecular flexibility index (Phi) is 5.88. The lowest BCUT2D eigenvalue weighted by Gasteiger charge is -2.25. The summed E-state index contributed by atoms with van der Waals surface area (Å²) in [6.45, 7) is 8.95. The summed E-state index contributed by atoms with van der Waals surface area (Å²) in [5.41, 5.74) is 5.36. The minimum Gasteiger partial charge on any atom is -0.444 e. The molecule has 0 unspecified atom stereocenters. The van der Waals surface area contributed by atoms with Crippen LogP contribution in [0.15, 0.2) is 0 Å². The number of hydrogen-bond acceptors (Lipinski definition) is 4. The van der Waals surface area contributed by atoms with E-state index in [1.807, 2.05) is 20.8 Å². The molecule has 1 aliphatic heterocycles. The van der Waals surface area contributed by atoms with Gasteiger partial charge < -0.3 is 21.1 Å². The van der Waals surface area contributed by atoms with Crippen LogP contribution >= 0.6 is 0 Å². The molecule has 0 bridgehead atoms. The second-order valence-corrected chi connectivity index (χ2v) is 5.97. The first-order valence-corrected chi connectivity index (χ1v) is 6.80. The Morgan fingerprint density at radius 1 is 1.33 bits per heavy atom. The number of carbonyl (C=O) groups excluding carboxylic acids is 1. The summed E-state index contributed by atoms with van der Waals surface area (Å²) in [6, 6.07) is 0. The fourth-order valence-corrected chi connectivity index (χ4v) is 2.28. The number of ether oxygens (including phenoxy) is 1. The minimum absolute atomic E-state index is 0.338. The highest BCUT2D eigenvalue weighted by atomic mass is 16.6. The van der Waals surface area contributed by atoms with Crippen LogP contribution in [0.2, 0.25) is 0 Å². The predicted molar refractivity (Wildman–Crippen MR) is 72.4 cm³/mol. The lowest BCUT2D eigenvalue weighted by Crippen LogP contribution is -2.38. The molecule has 1 amide bonds. The maximum absolute atomic E-state index is 11.6. The molecule has 4 N–H and O–H groups in total. The minimum atomic E-state index is -0.442. The summed E-state index contributed by atoms with van der Waals surface area (Å²) in [5.74, 6) is 0.924. The van der Waals surface area contributed by atoms with E-state index in [4.69, 9.17) is 10.5 Å². The van der Waals surface area contributed by atoms with Crippen LogP contribution in [0, 0.1) is 11.8 Å². The van der Waals surface area contributed by atoms with Gasteiger partial charge in [0.2, 0.25) is 0 Å². The average Bonchev–Trinajstić information content (AvgIpc) is 2.48. The number of hydrogen-bond donors (Lipinski definition) is 3. The van der Waals surface area contributed by atoms with Gasteiger partial charge in [-0.1, -0.05) is 0 Å². The monoisotopic (exact) mass is 257 g/mol. The van der Waals surface area contributed by atoms with E-state index in [0.717, 1.165) is 25.9 Å². The summed E-state index contributed by atoms with van der Waals surface area (Å²) in [6.07, 6.45) is 1.80. The first-order valence-electron chi connectivity index (χ1n) is 6.80. The molecule has 106 valence electrons. The Hall–Kier alpha value is -0.810. The van der Waals surface area contributed by atoms with Crippen LogP contribution in [-0.2, 0) is 4.74 Å². The quantitative estimate of drug-likeness (QED) is 0.707. The summed E-state index contributed by atoms with van der Waals surface area (Å²) in [7, 11) is 0. The Morgan fingerprint density at radius 3 is 2.50 bits per heavy atom. The van der Waals surface area contributed by atoms with E-state index in [1.54, 1.807) is 0 Å². The highest BCUT2D eigenvalue weighted by Crippen LogP contribution is 2.20. The standard InChI is InChI=1S/C13H27N3O2/c1-13(2,3)18-12(17)16-9-11-5-7-15-6-4-10(11)8-14/h10-11,15H,4-9,14H2,1-3H3,(H,16,17)/t10-,11-/m0/s1. The van der Waals surface area contributed by atoms with Crippen LogP contribution < -0.4 is 16.4 Å². The van der Waals surface area contributed by atoms with E-state index in [-0.39, 0.29) is 6.09 Å². The van der Waals surface area contributed by atoms with E-state index >= 15 is 0 Å². The fraction of sp³-hybridized carbons (Fsp3) is 0.923. The zero-order chi connectivity index (χ0) is 13.6. The van der Waals surface area contributed by atoms with Crippen molar-refractivity contribution >= 4 is 6.09 Å². The van der Waals surface area contributed by atoms with Crippen LogP contribution in [0.3, 0.4) is 0 Å².